The molecule has 34 heavy (non-hydrogen) atoms. The number of aryl methyl sites for hydroxylation is 1. The molecule has 1 aliphatic rings. The molecular formula is C27H31N3O3S. The third kappa shape index (κ3) is 5.48. The molecule has 7 heteroatoms. The lowest BCUT2D eigenvalue weighted by Gasteiger charge is -2.38. The molecule has 178 valence electrons. The Hall–Kier alpha value is -3.16. The average molecular weight is 478 g/mol. The number of hydrogen-bond donors (Lipinski definition) is 1. The number of rotatable bonds is 7. The van der Waals surface area contributed by atoms with Crippen LogP contribution in [0.3, 0.4) is 0 Å². The summed E-state index contributed by atoms with van der Waals surface area (Å²) in [5, 5.41) is 0. The normalized spacial score (nSPS) is 15.2. The molecule has 1 N–H and O–H groups in total. The molecular weight excluding hydrogens is 446 g/mol. The summed E-state index contributed by atoms with van der Waals surface area (Å²) in [5.41, 5.74) is 4.59. The van der Waals surface area contributed by atoms with Crippen LogP contribution in [-0.2, 0) is 21.2 Å². The van der Waals surface area contributed by atoms with E-state index in [1.807, 2.05) is 30.3 Å². The maximum atomic E-state index is 13.6. The standard InChI is InChI=1S/C27H31N3O3S/c1-21-10-9-15-26(22(21)2)29-16-18-30(19-17-29)27(31)25(20-23-11-5-3-6-12-23)28-34(32,33)24-13-7-4-8-14-24/h3-15,25,28H,16-20H2,1-2H3/t25-/m1/s1. The van der Waals surface area contributed by atoms with E-state index in [2.05, 4.69) is 41.7 Å². The van der Waals surface area contributed by atoms with Crippen LogP contribution in [0.5, 0.6) is 0 Å². The van der Waals surface area contributed by atoms with Crippen molar-refractivity contribution >= 4 is 21.6 Å². The first-order valence-electron chi connectivity index (χ1n) is 11.6. The molecule has 6 nitrogen and oxygen atoms in total. The lowest BCUT2D eigenvalue weighted by Crippen LogP contribution is -2.55. The maximum absolute atomic E-state index is 13.6. The Labute approximate surface area is 202 Å². The average Bonchev–Trinajstić information content (AvgIpc) is 2.86. The van der Waals surface area contributed by atoms with Crippen LogP contribution in [0.2, 0.25) is 0 Å². The minimum Gasteiger partial charge on any atom is -0.368 e. The maximum Gasteiger partial charge on any atom is 0.241 e. The predicted molar refractivity (Wildman–Crippen MR) is 135 cm³/mol. The Kier molecular flexibility index (Phi) is 7.34. The highest BCUT2D eigenvalue weighted by atomic mass is 32.2. The van der Waals surface area contributed by atoms with Gasteiger partial charge < -0.3 is 9.80 Å². The second-order valence-corrected chi connectivity index (χ2v) is 10.4. The van der Waals surface area contributed by atoms with E-state index < -0.39 is 16.1 Å². The first-order valence-corrected chi connectivity index (χ1v) is 13.0. The highest BCUT2D eigenvalue weighted by Crippen LogP contribution is 2.24. The fourth-order valence-corrected chi connectivity index (χ4v) is 5.56. The summed E-state index contributed by atoms with van der Waals surface area (Å²) < 4.78 is 28.8. The van der Waals surface area contributed by atoms with E-state index in [4.69, 9.17) is 0 Å². The number of carbonyl (C=O) groups is 1. The highest BCUT2D eigenvalue weighted by Gasteiger charge is 2.31. The van der Waals surface area contributed by atoms with E-state index in [9.17, 15) is 13.2 Å². The number of nitrogens with one attached hydrogen (secondary N) is 1. The number of hydrogen-bond acceptors (Lipinski definition) is 4. The molecule has 1 aliphatic heterocycles. The van der Waals surface area contributed by atoms with Gasteiger partial charge in [0.25, 0.3) is 0 Å². The molecule has 0 radical (unpaired) electrons. The predicted octanol–water partition coefficient (Wildman–Crippen LogP) is 3.54. The van der Waals surface area contributed by atoms with Crippen molar-refractivity contribution in [2.75, 3.05) is 31.1 Å². The number of anilines is 1. The van der Waals surface area contributed by atoms with Gasteiger partial charge in [-0.1, -0.05) is 60.7 Å². The van der Waals surface area contributed by atoms with Crippen LogP contribution < -0.4 is 9.62 Å². The van der Waals surface area contributed by atoms with E-state index in [1.54, 1.807) is 23.1 Å². The monoisotopic (exact) mass is 477 g/mol. The molecule has 1 fully saturated rings. The second kappa shape index (κ2) is 10.4. The van der Waals surface area contributed by atoms with Gasteiger partial charge in [-0.25, -0.2) is 8.42 Å². The zero-order valence-corrected chi connectivity index (χ0v) is 20.5. The fourth-order valence-electron chi connectivity index (χ4n) is 4.35. The number of nitrogens with zero attached hydrogens (tertiary/aromatic N) is 2. The molecule has 0 bridgehead atoms. The van der Waals surface area contributed by atoms with Gasteiger partial charge in [-0.2, -0.15) is 4.72 Å². The summed E-state index contributed by atoms with van der Waals surface area (Å²) in [6.45, 7) is 6.73. The van der Waals surface area contributed by atoms with Gasteiger partial charge in [0.05, 0.1) is 4.90 Å². The Morgan fingerprint density at radius 2 is 1.47 bits per heavy atom. The number of benzene rings is 3. The second-order valence-electron chi connectivity index (χ2n) is 8.71. The van der Waals surface area contributed by atoms with E-state index in [1.165, 1.54) is 28.9 Å². The smallest absolute Gasteiger partial charge is 0.241 e. The third-order valence-electron chi connectivity index (χ3n) is 6.44. The zero-order valence-electron chi connectivity index (χ0n) is 19.6. The molecule has 3 aromatic carbocycles. The Morgan fingerprint density at radius 3 is 2.12 bits per heavy atom. The largest absolute Gasteiger partial charge is 0.368 e. The number of sulfonamides is 1. The van der Waals surface area contributed by atoms with Crippen LogP contribution in [-0.4, -0.2) is 51.4 Å². The van der Waals surface area contributed by atoms with Gasteiger partial charge in [0.15, 0.2) is 0 Å². The minimum atomic E-state index is -3.84. The summed E-state index contributed by atoms with van der Waals surface area (Å²) in [7, 11) is -3.84. The van der Waals surface area contributed by atoms with Crippen molar-refractivity contribution in [3.8, 4) is 0 Å². The SMILES string of the molecule is Cc1cccc(N2CCN(C(=O)[C@@H](Cc3ccccc3)NS(=O)(=O)c3ccccc3)CC2)c1C. The van der Waals surface area contributed by atoms with Gasteiger partial charge >= 0.3 is 0 Å². The van der Waals surface area contributed by atoms with Crippen molar-refractivity contribution in [1.82, 2.24) is 9.62 Å². The Morgan fingerprint density at radius 1 is 0.853 bits per heavy atom. The summed E-state index contributed by atoms with van der Waals surface area (Å²) in [5.74, 6) is -0.191. The van der Waals surface area contributed by atoms with Gasteiger partial charge in [0.2, 0.25) is 15.9 Å². The lowest BCUT2D eigenvalue weighted by molar-refractivity contribution is -0.133. The van der Waals surface area contributed by atoms with Gasteiger partial charge in [0.1, 0.15) is 6.04 Å². The summed E-state index contributed by atoms with van der Waals surface area (Å²) >= 11 is 0. The molecule has 0 saturated carbocycles. The van der Waals surface area contributed by atoms with Crippen molar-refractivity contribution in [3.63, 3.8) is 0 Å². The van der Waals surface area contributed by atoms with Crippen molar-refractivity contribution in [3.05, 3.63) is 95.6 Å². The Bertz CT molecular complexity index is 1220. The van der Waals surface area contributed by atoms with E-state index in [0.717, 1.165) is 5.56 Å². The zero-order chi connectivity index (χ0) is 24.1. The van der Waals surface area contributed by atoms with Crippen molar-refractivity contribution in [2.45, 2.75) is 31.2 Å². The molecule has 1 heterocycles. The topological polar surface area (TPSA) is 69.7 Å². The summed E-state index contributed by atoms with van der Waals surface area (Å²) in [4.78, 5) is 17.8. The summed E-state index contributed by atoms with van der Waals surface area (Å²) in [6.07, 6.45) is 0.295. The quantitative estimate of drug-likeness (QED) is 0.565. The van der Waals surface area contributed by atoms with Crippen LogP contribution in [0.1, 0.15) is 16.7 Å². The van der Waals surface area contributed by atoms with E-state index in [0.29, 0.717) is 32.6 Å². The first-order chi connectivity index (χ1) is 16.3. The first kappa shape index (κ1) is 24.0. The van der Waals surface area contributed by atoms with Crippen molar-refractivity contribution in [1.29, 1.82) is 0 Å². The van der Waals surface area contributed by atoms with Gasteiger partial charge in [-0.15, -0.1) is 0 Å². The molecule has 1 amide bonds. The lowest BCUT2D eigenvalue weighted by atomic mass is 10.0. The fraction of sp³-hybridized carbons (Fsp3) is 0.296. The van der Waals surface area contributed by atoms with Crippen LogP contribution in [0, 0.1) is 13.8 Å². The minimum absolute atomic E-state index is 0.153. The van der Waals surface area contributed by atoms with Crippen LogP contribution in [0.4, 0.5) is 5.69 Å². The van der Waals surface area contributed by atoms with Crippen LogP contribution in [0.25, 0.3) is 0 Å². The molecule has 0 aromatic heterocycles. The molecule has 1 saturated heterocycles. The Balaban J connectivity index is 1.51. The molecule has 1 atom stereocenters. The molecule has 4 rings (SSSR count). The molecule has 3 aromatic rings. The van der Waals surface area contributed by atoms with Crippen molar-refractivity contribution < 1.29 is 13.2 Å². The molecule has 0 aliphatic carbocycles. The van der Waals surface area contributed by atoms with Crippen LogP contribution in [0.15, 0.2) is 83.8 Å². The number of piperazine rings is 1. The van der Waals surface area contributed by atoms with Gasteiger partial charge in [-0.05, 0) is 55.2 Å². The third-order valence-corrected chi connectivity index (χ3v) is 7.93. The molecule has 0 unspecified atom stereocenters. The summed E-state index contributed by atoms with van der Waals surface area (Å²) in [6, 6.07) is 23.1. The van der Waals surface area contributed by atoms with Gasteiger partial charge in [0, 0.05) is 31.9 Å². The van der Waals surface area contributed by atoms with Crippen LogP contribution >= 0.6 is 0 Å². The van der Waals surface area contributed by atoms with Crippen molar-refractivity contribution in [2.24, 2.45) is 0 Å². The van der Waals surface area contributed by atoms with E-state index >= 15 is 0 Å². The highest BCUT2D eigenvalue weighted by molar-refractivity contribution is 7.89. The number of carbonyl (C=O) groups excluding carboxylic acids is 1. The van der Waals surface area contributed by atoms with E-state index in [-0.39, 0.29) is 10.8 Å². The molecule has 0 spiro atoms. The van der Waals surface area contributed by atoms with Gasteiger partial charge in [-0.3, -0.25) is 4.79 Å². The number of amides is 1.